The summed E-state index contributed by atoms with van der Waals surface area (Å²) in [6.45, 7) is 1.92. The number of carbonyl (C=O) groups excluding carboxylic acids is 1. The third kappa shape index (κ3) is 3.30. The van der Waals surface area contributed by atoms with Gasteiger partial charge in [0.2, 0.25) is 5.91 Å². The van der Waals surface area contributed by atoms with Gasteiger partial charge in [0.15, 0.2) is 0 Å². The van der Waals surface area contributed by atoms with Gasteiger partial charge >= 0.3 is 0 Å². The number of anilines is 1. The molecule has 1 unspecified atom stereocenters. The predicted molar refractivity (Wildman–Crippen MR) is 85.4 cm³/mol. The molecule has 1 saturated carbocycles. The minimum Gasteiger partial charge on any atom is -0.324 e. The van der Waals surface area contributed by atoms with Crippen molar-refractivity contribution in [3.05, 3.63) is 42.5 Å². The van der Waals surface area contributed by atoms with Crippen LogP contribution in [-0.2, 0) is 4.79 Å². The lowest BCUT2D eigenvalue weighted by atomic mass is 10.1. The van der Waals surface area contributed by atoms with Crippen molar-refractivity contribution < 1.29 is 4.79 Å². The number of halogens is 1. The Labute approximate surface area is 125 Å². The number of rotatable bonds is 4. The first-order valence-electron chi connectivity index (χ1n) is 6.79. The normalized spacial score (nSPS) is 15.4. The first-order valence-corrected chi connectivity index (χ1v) is 6.79. The Bertz CT molecular complexity index is 605. The second-order valence-electron chi connectivity index (χ2n) is 5.18. The van der Waals surface area contributed by atoms with Crippen molar-refractivity contribution in [2.75, 3.05) is 5.32 Å². The molecule has 20 heavy (non-hydrogen) atoms. The van der Waals surface area contributed by atoms with E-state index in [2.05, 4.69) is 22.8 Å². The summed E-state index contributed by atoms with van der Waals surface area (Å²) in [6, 6.07) is 14.4. The number of hydrogen-bond donors (Lipinski definition) is 2. The second-order valence-corrected chi connectivity index (χ2v) is 5.18. The zero-order chi connectivity index (χ0) is 13.2. The van der Waals surface area contributed by atoms with Crippen molar-refractivity contribution in [1.82, 2.24) is 5.32 Å². The van der Waals surface area contributed by atoms with E-state index in [0.717, 1.165) is 16.5 Å². The van der Waals surface area contributed by atoms with E-state index in [-0.39, 0.29) is 24.4 Å². The monoisotopic (exact) mass is 290 g/mol. The van der Waals surface area contributed by atoms with Crippen LogP contribution in [0.4, 0.5) is 5.69 Å². The fourth-order valence-electron chi connectivity index (χ4n) is 2.25. The van der Waals surface area contributed by atoms with Crippen LogP contribution in [0.3, 0.4) is 0 Å². The Morgan fingerprint density at radius 1 is 1.15 bits per heavy atom. The highest BCUT2D eigenvalue weighted by Gasteiger charge is 2.25. The maximum Gasteiger partial charge on any atom is 0.241 e. The zero-order valence-electron chi connectivity index (χ0n) is 11.4. The van der Waals surface area contributed by atoms with Gasteiger partial charge in [-0.05, 0) is 31.2 Å². The molecule has 3 rings (SSSR count). The SMILES string of the molecule is CC(NC1CC1)C(=O)Nc1cccc2ccccc12.Cl. The van der Waals surface area contributed by atoms with E-state index in [1.165, 1.54) is 12.8 Å². The largest absolute Gasteiger partial charge is 0.324 e. The van der Waals surface area contributed by atoms with E-state index in [4.69, 9.17) is 0 Å². The number of fused-ring (bicyclic) bond motifs is 1. The molecule has 1 atom stereocenters. The lowest BCUT2D eigenvalue weighted by molar-refractivity contribution is -0.117. The lowest BCUT2D eigenvalue weighted by Gasteiger charge is -2.14. The van der Waals surface area contributed by atoms with E-state index < -0.39 is 0 Å². The summed E-state index contributed by atoms with van der Waals surface area (Å²) >= 11 is 0. The average molecular weight is 291 g/mol. The number of amides is 1. The minimum atomic E-state index is -0.147. The highest BCUT2D eigenvalue weighted by molar-refractivity contribution is 6.03. The van der Waals surface area contributed by atoms with Crippen LogP contribution in [0, 0.1) is 0 Å². The van der Waals surface area contributed by atoms with E-state index >= 15 is 0 Å². The molecule has 2 N–H and O–H groups in total. The summed E-state index contributed by atoms with van der Waals surface area (Å²) < 4.78 is 0. The quantitative estimate of drug-likeness (QED) is 0.907. The molecule has 0 spiro atoms. The molecule has 2 aromatic carbocycles. The number of benzene rings is 2. The van der Waals surface area contributed by atoms with Crippen LogP contribution in [-0.4, -0.2) is 18.0 Å². The summed E-state index contributed by atoms with van der Waals surface area (Å²) in [6.07, 6.45) is 2.37. The third-order valence-electron chi connectivity index (χ3n) is 3.50. The fourth-order valence-corrected chi connectivity index (χ4v) is 2.25. The van der Waals surface area contributed by atoms with Crippen molar-refractivity contribution in [3.63, 3.8) is 0 Å². The third-order valence-corrected chi connectivity index (χ3v) is 3.50. The van der Waals surface area contributed by atoms with Crippen LogP contribution in [0.5, 0.6) is 0 Å². The van der Waals surface area contributed by atoms with Gasteiger partial charge in [0.05, 0.1) is 6.04 Å². The number of nitrogens with one attached hydrogen (secondary N) is 2. The molecule has 0 radical (unpaired) electrons. The molecule has 1 amide bonds. The molecule has 0 aliphatic heterocycles. The van der Waals surface area contributed by atoms with Crippen LogP contribution >= 0.6 is 12.4 Å². The smallest absolute Gasteiger partial charge is 0.241 e. The van der Waals surface area contributed by atoms with Gasteiger partial charge in [-0.15, -0.1) is 12.4 Å². The molecule has 106 valence electrons. The standard InChI is InChI=1S/C16H18N2O.ClH/c1-11(17-13-9-10-13)16(19)18-15-8-4-6-12-5-2-3-7-14(12)15;/h2-8,11,13,17H,9-10H2,1H3,(H,18,19);1H. The topological polar surface area (TPSA) is 41.1 Å². The lowest BCUT2D eigenvalue weighted by Crippen LogP contribution is -2.39. The maximum atomic E-state index is 12.1. The van der Waals surface area contributed by atoms with Crippen molar-refractivity contribution in [1.29, 1.82) is 0 Å². The highest BCUT2D eigenvalue weighted by atomic mass is 35.5. The van der Waals surface area contributed by atoms with Gasteiger partial charge in [-0.25, -0.2) is 0 Å². The number of hydrogen-bond acceptors (Lipinski definition) is 2. The average Bonchev–Trinajstić information content (AvgIpc) is 3.23. The first-order chi connectivity index (χ1) is 9.24. The van der Waals surface area contributed by atoms with Crippen molar-refractivity contribution >= 4 is 34.8 Å². The van der Waals surface area contributed by atoms with Gasteiger partial charge in [0, 0.05) is 17.1 Å². The van der Waals surface area contributed by atoms with E-state index in [1.807, 2.05) is 37.3 Å². The highest BCUT2D eigenvalue weighted by Crippen LogP contribution is 2.23. The molecule has 1 aliphatic carbocycles. The summed E-state index contributed by atoms with van der Waals surface area (Å²) in [5, 5.41) is 8.55. The first kappa shape index (κ1) is 14.8. The van der Waals surface area contributed by atoms with Crippen LogP contribution in [0.15, 0.2) is 42.5 Å². The van der Waals surface area contributed by atoms with Gasteiger partial charge in [-0.1, -0.05) is 36.4 Å². The molecule has 3 nitrogen and oxygen atoms in total. The van der Waals surface area contributed by atoms with Crippen molar-refractivity contribution in [2.45, 2.75) is 31.8 Å². The van der Waals surface area contributed by atoms with Gasteiger partial charge in [-0.3, -0.25) is 4.79 Å². The van der Waals surface area contributed by atoms with Crippen LogP contribution in [0.25, 0.3) is 10.8 Å². The predicted octanol–water partition coefficient (Wildman–Crippen LogP) is 3.34. The Hall–Kier alpha value is -1.58. The number of carbonyl (C=O) groups is 1. The molecule has 0 heterocycles. The van der Waals surface area contributed by atoms with Crippen molar-refractivity contribution in [2.24, 2.45) is 0 Å². The minimum absolute atomic E-state index is 0. The molecule has 0 aromatic heterocycles. The van der Waals surface area contributed by atoms with E-state index in [1.54, 1.807) is 0 Å². The maximum absolute atomic E-state index is 12.1. The summed E-state index contributed by atoms with van der Waals surface area (Å²) in [5.41, 5.74) is 0.882. The Kier molecular flexibility index (Phi) is 4.63. The molecule has 2 aromatic rings. The van der Waals surface area contributed by atoms with Crippen LogP contribution in [0.1, 0.15) is 19.8 Å². The molecule has 0 saturated heterocycles. The second kappa shape index (κ2) is 6.25. The van der Waals surface area contributed by atoms with Gasteiger partial charge in [0.25, 0.3) is 0 Å². The molecule has 0 bridgehead atoms. The van der Waals surface area contributed by atoms with Crippen molar-refractivity contribution in [3.8, 4) is 0 Å². The molecule has 4 heteroatoms. The Balaban J connectivity index is 0.00000147. The molecule has 1 aliphatic rings. The van der Waals surface area contributed by atoms with Crippen LogP contribution < -0.4 is 10.6 Å². The van der Waals surface area contributed by atoms with Gasteiger partial charge in [-0.2, -0.15) is 0 Å². The Morgan fingerprint density at radius 3 is 2.60 bits per heavy atom. The Morgan fingerprint density at radius 2 is 1.85 bits per heavy atom. The van der Waals surface area contributed by atoms with E-state index in [0.29, 0.717) is 6.04 Å². The van der Waals surface area contributed by atoms with E-state index in [9.17, 15) is 4.79 Å². The summed E-state index contributed by atoms with van der Waals surface area (Å²) in [7, 11) is 0. The molecular weight excluding hydrogens is 272 g/mol. The summed E-state index contributed by atoms with van der Waals surface area (Å²) in [4.78, 5) is 12.1. The molecular formula is C16H19ClN2O. The fraction of sp³-hybridized carbons (Fsp3) is 0.312. The summed E-state index contributed by atoms with van der Waals surface area (Å²) in [5.74, 6) is 0.0308. The zero-order valence-corrected chi connectivity index (χ0v) is 12.2. The van der Waals surface area contributed by atoms with Crippen LogP contribution in [0.2, 0.25) is 0 Å². The van der Waals surface area contributed by atoms with Gasteiger partial charge in [0.1, 0.15) is 0 Å². The van der Waals surface area contributed by atoms with Gasteiger partial charge < -0.3 is 10.6 Å². The molecule has 1 fully saturated rings.